The second-order valence-electron chi connectivity index (χ2n) is 6.10. The Morgan fingerprint density at radius 3 is 2.25 bits per heavy atom. The minimum atomic E-state index is 0.939. The van der Waals surface area contributed by atoms with Crippen molar-refractivity contribution >= 4 is 17.2 Å². The Morgan fingerprint density at radius 1 is 0.792 bits per heavy atom. The SMILES string of the molecule is Cc1ccc(Nc2c(-c3ccccc3)nc3ccc(C)cn23)cc1. The largest absolute Gasteiger partial charge is 0.339 e. The van der Waals surface area contributed by atoms with Crippen LogP contribution in [-0.4, -0.2) is 9.38 Å². The van der Waals surface area contributed by atoms with Gasteiger partial charge in [0, 0.05) is 17.4 Å². The van der Waals surface area contributed by atoms with Crippen molar-refractivity contribution in [3.63, 3.8) is 0 Å². The lowest BCUT2D eigenvalue weighted by Crippen LogP contribution is -1.97. The molecule has 0 aliphatic carbocycles. The second kappa shape index (κ2) is 5.85. The maximum atomic E-state index is 4.84. The van der Waals surface area contributed by atoms with Crippen LogP contribution in [0.1, 0.15) is 11.1 Å². The highest BCUT2D eigenvalue weighted by Crippen LogP contribution is 2.31. The molecule has 3 nitrogen and oxygen atoms in total. The number of aryl methyl sites for hydroxylation is 2. The molecule has 0 saturated carbocycles. The van der Waals surface area contributed by atoms with Gasteiger partial charge in [0.15, 0.2) is 0 Å². The van der Waals surface area contributed by atoms with E-state index in [1.165, 1.54) is 11.1 Å². The molecule has 0 atom stereocenters. The number of anilines is 2. The molecule has 0 amide bonds. The van der Waals surface area contributed by atoms with Crippen LogP contribution in [-0.2, 0) is 0 Å². The van der Waals surface area contributed by atoms with Gasteiger partial charge in [-0.3, -0.25) is 4.40 Å². The normalized spacial score (nSPS) is 10.9. The first kappa shape index (κ1) is 14.5. The van der Waals surface area contributed by atoms with Gasteiger partial charge in [0.2, 0.25) is 0 Å². The number of hydrogen-bond donors (Lipinski definition) is 1. The van der Waals surface area contributed by atoms with Gasteiger partial charge in [0.1, 0.15) is 17.2 Å². The van der Waals surface area contributed by atoms with Gasteiger partial charge < -0.3 is 5.32 Å². The molecule has 0 unspecified atom stereocenters. The minimum absolute atomic E-state index is 0.939. The summed E-state index contributed by atoms with van der Waals surface area (Å²) < 4.78 is 2.12. The number of pyridine rings is 1. The maximum Gasteiger partial charge on any atom is 0.143 e. The summed E-state index contributed by atoms with van der Waals surface area (Å²) in [6, 6.07) is 22.9. The van der Waals surface area contributed by atoms with Crippen LogP contribution >= 0.6 is 0 Å². The third-order valence-electron chi connectivity index (χ3n) is 4.13. The monoisotopic (exact) mass is 313 g/mol. The van der Waals surface area contributed by atoms with Gasteiger partial charge in [0.25, 0.3) is 0 Å². The molecule has 0 radical (unpaired) electrons. The Balaban J connectivity index is 1.90. The number of aromatic nitrogens is 2. The van der Waals surface area contributed by atoms with E-state index in [4.69, 9.17) is 4.98 Å². The molecule has 4 rings (SSSR count). The molecule has 4 aromatic rings. The van der Waals surface area contributed by atoms with E-state index in [9.17, 15) is 0 Å². The highest BCUT2D eigenvalue weighted by atomic mass is 15.1. The molecule has 2 heterocycles. The van der Waals surface area contributed by atoms with Crippen molar-refractivity contribution in [2.45, 2.75) is 13.8 Å². The van der Waals surface area contributed by atoms with E-state index in [2.05, 4.69) is 78.3 Å². The van der Waals surface area contributed by atoms with Crippen LogP contribution in [0.3, 0.4) is 0 Å². The van der Waals surface area contributed by atoms with Gasteiger partial charge >= 0.3 is 0 Å². The summed E-state index contributed by atoms with van der Waals surface area (Å²) in [5.41, 5.74) is 6.51. The average molecular weight is 313 g/mol. The van der Waals surface area contributed by atoms with E-state index in [1.807, 2.05) is 18.2 Å². The molecule has 0 aliphatic rings. The Morgan fingerprint density at radius 2 is 1.50 bits per heavy atom. The van der Waals surface area contributed by atoms with Crippen LogP contribution < -0.4 is 5.32 Å². The van der Waals surface area contributed by atoms with E-state index in [0.717, 1.165) is 28.4 Å². The Labute approximate surface area is 141 Å². The van der Waals surface area contributed by atoms with Crippen LogP contribution in [0.15, 0.2) is 72.9 Å². The zero-order valence-electron chi connectivity index (χ0n) is 13.8. The van der Waals surface area contributed by atoms with Crippen LogP contribution in [0.5, 0.6) is 0 Å². The number of nitrogens with one attached hydrogen (secondary N) is 1. The van der Waals surface area contributed by atoms with Crippen LogP contribution in [0, 0.1) is 13.8 Å². The molecule has 0 bridgehead atoms. The number of rotatable bonds is 3. The summed E-state index contributed by atoms with van der Waals surface area (Å²) in [7, 11) is 0. The maximum absolute atomic E-state index is 4.84. The van der Waals surface area contributed by atoms with Crippen molar-refractivity contribution in [3.8, 4) is 11.3 Å². The smallest absolute Gasteiger partial charge is 0.143 e. The summed E-state index contributed by atoms with van der Waals surface area (Å²) in [4.78, 5) is 4.84. The molecular weight excluding hydrogens is 294 g/mol. The molecule has 3 heteroatoms. The first-order valence-electron chi connectivity index (χ1n) is 8.08. The van der Waals surface area contributed by atoms with Gasteiger partial charge in [-0.1, -0.05) is 54.1 Å². The van der Waals surface area contributed by atoms with Crippen molar-refractivity contribution in [1.29, 1.82) is 0 Å². The van der Waals surface area contributed by atoms with E-state index in [-0.39, 0.29) is 0 Å². The Kier molecular flexibility index (Phi) is 3.54. The first-order chi connectivity index (χ1) is 11.7. The fraction of sp³-hybridized carbons (Fsp3) is 0.0952. The molecule has 2 aromatic carbocycles. The summed E-state index contributed by atoms with van der Waals surface area (Å²) in [6.45, 7) is 4.19. The number of fused-ring (bicyclic) bond motifs is 1. The lowest BCUT2D eigenvalue weighted by atomic mass is 10.1. The van der Waals surface area contributed by atoms with Gasteiger partial charge in [-0.25, -0.2) is 4.98 Å². The molecule has 118 valence electrons. The van der Waals surface area contributed by atoms with Gasteiger partial charge in [0.05, 0.1) is 0 Å². The minimum Gasteiger partial charge on any atom is -0.339 e. The number of imidazole rings is 1. The Hall–Kier alpha value is -3.07. The summed E-state index contributed by atoms with van der Waals surface area (Å²) in [5.74, 6) is 0.990. The molecule has 0 aliphatic heterocycles. The molecule has 0 saturated heterocycles. The van der Waals surface area contributed by atoms with Gasteiger partial charge in [-0.05, 0) is 37.6 Å². The topological polar surface area (TPSA) is 29.3 Å². The van der Waals surface area contributed by atoms with E-state index in [1.54, 1.807) is 0 Å². The van der Waals surface area contributed by atoms with E-state index in [0.29, 0.717) is 0 Å². The lowest BCUT2D eigenvalue weighted by molar-refractivity contribution is 1.16. The highest BCUT2D eigenvalue weighted by molar-refractivity contribution is 5.79. The predicted molar refractivity (Wildman–Crippen MR) is 99.8 cm³/mol. The number of benzene rings is 2. The molecule has 24 heavy (non-hydrogen) atoms. The zero-order valence-corrected chi connectivity index (χ0v) is 13.8. The van der Waals surface area contributed by atoms with Crippen molar-refractivity contribution in [1.82, 2.24) is 9.38 Å². The highest BCUT2D eigenvalue weighted by Gasteiger charge is 2.14. The summed E-state index contributed by atoms with van der Waals surface area (Å²) >= 11 is 0. The van der Waals surface area contributed by atoms with Crippen molar-refractivity contribution in [2.24, 2.45) is 0 Å². The second-order valence-corrected chi connectivity index (χ2v) is 6.10. The van der Waals surface area contributed by atoms with E-state index < -0.39 is 0 Å². The lowest BCUT2D eigenvalue weighted by Gasteiger charge is -2.09. The Bertz CT molecular complexity index is 983. The standard InChI is InChI=1S/C21H19N3/c1-15-8-11-18(12-9-15)22-21-20(17-6-4-3-5-7-17)23-19-13-10-16(2)14-24(19)21/h3-14,22H,1-2H3. The van der Waals surface area contributed by atoms with E-state index >= 15 is 0 Å². The zero-order chi connectivity index (χ0) is 16.5. The molecule has 0 spiro atoms. The number of hydrogen-bond acceptors (Lipinski definition) is 2. The molecule has 2 aromatic heterocycles. The third kappa shape index (κ3) is 2.65. The van der Waals surface area contributed by atoms with Crippen LogP contribution in [0.4, 0.5) is 11.5 Å². The summed E-state index contributed by atoms with van der Waals surface area (Å²) in [6.07, 6.45) is 2.12. The molecular formula is C21H19N3. The van der Waals surface area contributed by atoms with Crippen molar-refractivity contribution in [2.75, 3.05) is 5.32 Å². The fourth-order valence-corrected chi connectivity index (χ4v) is 2.84. The number of nitrogens with zero attached hydrogens (tertiary/aromatic N) is 2. The van der Waals surface area contributed by atoms with Gasteiger partial charge in [-0.15, -0.1) is 0 Å². The molecule has 1 N–H and O–H groups in total. The average Bonchev–Trinajstić information content (AvgIpc) is 2.95. The van der Waals surface area contributed by atoms with Crippen molar-refractivity contribution in [3.05, 3.63) is 84.1 Å². The van der Waals surface area contributed by atoms with Crippen molar-refractivity contribution < 1.29 is 0 Å². The third-order valence-corrected chi connectivity index (χ3v) is 4.13. The fourth-order valence-electron chi connectivity index (χ4n) is 2.84. The van der Waals surface area contributed by atoms with Crippen LogP contribution in [0.25, 0.3) is 16.9 Å². The quantitative estimate of drug-likeness (QED) is 0.551. The van der Waals surface area contributed by atoms with Crippen LogP contribution in [0.2, 0.25) is 0 Å². The predicted octanol–water partition coefficient (Wildman–Crippen LogP) is 5.36. The molecule has 0 fully saturated rings. The first-order valence-corrected chi connectivity index (χ1v) is 8.08. The summed E-state index contributed by atoms with van der Waals surface area (Å²) in [5, 5.41) is 3.55. The van der Waals surface area contributed by atoms with Gasteiger partial charge in [-0.2, -0.15) is 0 Å².